The number of nitrogens with one attached hydrogen (secondary N) is 2. The van der Waals surface area contributed by atoms with Crippen molar-refractivity contribution in [2.24, 2.45) is 0 Å². The van der Waals surface area contributed by atoms with Crippen molar-refractivity contribution in [3.8, 4) is 0 Å². The molecular formula is C19H14FIN2O3S. The van der Waals surface area contributed by atoms with Gasteiger partial charge in [0.25, 0.3) is 15.9 Å². The van der Waals surface area contributed by atoms with Gasteiger partial charge < -0.3 is 5.32 Å². The van der Waals surface area contributed by atoms with E-state index in [0.29, 0.717) is 16.9 Å². The maximum Gasteiger partial charge on any atom is 0.261 e. The molecule has 0 spiro atoms. The van der Waals surface area contributed by atoms with Crippen LogP contribution in [0.2, 0.25) is 0 Å². The third-order valence-corrected chi connectivity index (χ3v) is 5.74. The van der Waals surface area contributed by atoms with Crippen molar-refractivity contribution in [1.82, 2.24) is 0 Å². The first-order valence-corrected chi connectivity index (χ1v) is 10.3. The van der Waals surface area contributed by atoms with Gasteiger partial charge in [-0.3, -0.25) is 9.52 Å². The number of carbonyl (C=O) groups excluding carboxylic acids is 1. The van der Waals surface area contributed by atoms with E-state index >= 15 is 0 Å². The van der Waals surface area contributed by atoms with E-state index in [-0.39, 0.29) is 10.8 Å². The molecule has 27 heavy (non-hydrogen) atoms. The van der Waals surface area contributed by atoms with Gasteiger partial charge in [0.1, 0.15) is 5.82 Å². The minimum atomic E-state index is -3.83. The summed E-state index contributed by atoms with van der Waals surface area (Å²) in [5.74, 6) is -0.818. The number of amides is 1. The normalized spacial score (nSPS) is 11.0. The summed E-state index contributed by atoms with van der Waals surface area (Å²) in [4.78, 5) is 12.2. The Labute approximate surface area is 169 Å². The van der Waals surface area contributed by atoms with Crippen LogP contribution in [-0.2, 0) is 10.0 Å². The van der Waals surface area contributed by atoms with E-state index in [0.717, 1.165) is 15.7 Å². The molecule has 3 aromatic rings. The molecule has 2 N–H and O–H groups in total. The second kappa shape index (κ2) is 8.05. The van der Waals surface area contributed by atoms with Gasteiger partial charge in [0.05, 0.1) is 4.90 Å². The summed E-state index contributed by atoms with van der Waals surface area (Å²) in [5.41, 5.74) is 1.35. The maximum atomic E-state index is 12.9. The standard InChI is InChI=1S/C19H14FIN2O3S/c20-14-3-11-18(12-4-14)27(25,26)23-17-7-1-13(2-8-17)19(24)22-16-9-5-15(21)6-10-16/h1-12,23H,(H,22,24). The van der Waals surface area contributed by atoms with Crippen LogP contribution in [0.5, 0.6) is 0 Å². The molecule has 0 bridgehead atoms. The fraction of sp³-hybridized carbons (Fsp3) is 0. The molecular weight excluding hydrogens is 482 g/mol. The molecule has 0 radical (unpaired) electrons. The molecule has 0 saturated carbocycles. The number of rotatable bonds is 5. The molecule has 138 valence electrons. The van der Waals surface area contributed by atoms with Crippen molar-refractivity contribution in [2.75, 3.05) is 10.0 Å². The van der Waals surface area contributed by atoms with Crippen molar-refractivity contribution in [3.05, 3.63) is 87.7 Å². The minimum absolute atomic E-state index is 0.0515. The first-order valence-electron chi connectivity index (χ1n) is 7.79. The molecule has 0 saturated heterocycles. The van der Waals surface area contributed by atoms with E-state index < -0.39 is 15.8 Å². The molecule has 0 aromatic heterocycles. The summed E-state index contributed by atoms with van der Waals surface area (Å²) < 4.78 is 41.0. The highest BCUT2D eigenvalue weighted by atomic mass is 127. The van der Waals surface area contributed by atoms with E-state index in [2.05, 4.69) is 32.6 Å². The van der Waals surface area contributed by atoms with Crippen molar-refractivity contribution < 1.29 is 17.6 Å². The van der Waals surface area contributed by atoms with Crippen LogP contribution in [0.25, 0.3) is 0 Å². The third-order valence-electron chi connectivity index (χ3n) is 3.63. The van der Waals surface area contributed by atoms with E-state index in [1.807, 2.05) is 12.1 Å². The van der Waals surface area contributed by atoms with Crippen LogP contribution in [-0.4, -0.2) is 14.3 Å². The Kier molecular flexibility index (Phi) is 5.76. The molecule has 0 aliphatic carbocycles. The van der Waals surface area contributed by atoms with Gasteiger partial charge in [0.15, 0.2) is 0 Å². The van der Waals surface area contributed by atoms with Gasteiger partial charge in [-0.1, -0.05) is 0 Å². The second-order valence-corrected chi connectivity index (χ2v) is 8.53. The quantitative estimate of drug-likeness (QED) is 0.512. The first kappa shape index (κ1) is 19.3. The van der Waals surface area contributed by atoms with Gasteiger partial charge >= 0.3 is 0 Å². The number of halogens is 2. The number of anilines is 2. The van der Waals surface area contributed by atoms with Crippen LogP contribution in [0.3, 0.4) is 0 Å². The lowest BCUT2D eigenvalue weighted by Crippen LogP contribution is -2.14. The van der Waals surface area contributed by atoms with Gasteiger partial charge in [-0.05, 0) is 95.4 Å². The van der Waals surface area contributed by atoms with Gasteiger partial charge in [0.2, 0.25) is 0 Å². The van der Waals surface area contributed by atoms with Crippen molar-refractivity contribution in [1.29, 1.82) is 0 Å². The average molecular weight is 496 g/mol. The maximum absolute atomic E-state index is 12.9. The van der Waals surface area contributed by atoms with Gasteiger partial charge in [-0.15, -0.1) is 0 Å². The van der Waals surface area contributed by atoms with Gasteiger partial charge in [0, 0.05) is 20.5 Å². The topological polar surface area (TPSA) is 75.3 Å². The van der Waals surface area contributed by atoms with Crippen LogP contribution < -0.4 is 10.0 Å². The Morgan fingerprint density at radius 2 is 1.37 bits per heavy atom. The molecule has 3 aromatic carbocycles. The monoisotopic (exact) mass is 496 g/mol. The largest absolute Gasteiger partial charge is 0.322 e. The number of hydrogen-bond donors (Lipinski definition) is 2. The Morgan fingerprint density at radius 3 is 1.96 bits per heavy atom. The van der Waals surface area contributed by atoms with Crippen molar-refractivity contribution >= 4 is 49.9 Å². The third kappa shape index (κ3) is 5.04. The molecule has 0 fully saturated rings. The molecule has 1 amide bonds. The predicted octanol–water partition coefficient (Wildman–Crippen LogP) is 4.48. The fourth-order valence-corrected chi connectivity index (χ4v) is 3.67. The molecule has 0 aliphatic heterocycles. The lowest BCUT2D eigenvalue weighted by molar-refractivity contribution is 0.102. The number of hydrogen-bond acceptors (Lipinski definition) is 3. The molecule has 3 rings (SSSR count). The Morgan fingerprint density at radius 1 is 0.815 bits per heavy atom. The molecule has 0 atom stereocenters. The lowest BCUT2D eigenvalue weighted by atomic mass is 10.2. The van der Waals surface area contributed by atoms with Crippen molar-refractivity contribution in [3.63, 3.8) is 0 Å². The highest BCUT2D eigenvalue weighted by Crippen LogP contribution is 2.18. The lowest BCUT2D eigenvalue weighted by Gasteiger charge is -2.09. The predicted molar refractivity (Wildman–Crippen MR) is 111 cm³/mol. The van der Waals surface area contributed by atoms with Crippen LogP contribution in [0.15, 0.2) is 77.7 Å². The van der Waals surface area contributed by atoms with Crippen LogP contribution >= 0.6 is 22.6 Å². The Bertz CT molecular complexity index is 1050. The highest BCUT2D eigenvalue weighted by molar-refractivity contribution is 14.1. The highest BCUT2D eigenvalue weighted by Gasteiger charge is 2.14. The smallest absolute Gasteiger partial charge is 0.261 e. The van der Waals surface area contributed by atoms with Gasteiger partial charge in [-0.25, -0.2) is 12.8 Å². The van der Waals surface area contributed by atoms with E-state index in [9.17, 15) is 17.6 Å². The summed E-state index contributed by atoms with van der Waals surface area (Å²) >= 11 is 2.17. The van der Waals surface area contributed by atoms with Crippen LogP contribution in [0.1, 0.15) is 10.4 Å². The SMILES string of the molecule is O=C(Nc1ccc(I)cc1)c1ccc(NS(=O)(=O)c2ccc(F)cc2)cc1. The van der Waals surface area contributed by atoms with Crippen LogP contribution in [0.4, 0.5) is 15.8 Å². The molecule has 0 heterocycles. The second-order valence-electron chi connectivity index (χ2n) is 5.60. The fourth-order valence-electron chi connectivity index (χ4n) is 2.25. The zero-order valence-electron chi connectivity index (χ0n) is 13.8. The zero-order valence-corrected chi connectivity index (χ0v) is 16.8. The molecule has 0 aliphatic rings. The molecule has 8 heteroatoms. The molecule has 5 nitrogen and oxygen atoms in total. The number of sulfonamides is 1. The van der Waals surface area contributed by atoms with Gasteiger partial charge in [-0.2, -0.15) is 0 Å². The summed E-state index contributed by atoms with van der Waals surface area (Å²) in [6.07, 6.45) is 0. The zero-order chi connectivity index (χ0) is 19.4. The summed E-state index contributed by atoms with van der Waals surface area (Å²) in [7, 11) is -3.83. The van der Waals surface area contributed by atoms with E-state index in [1.54, 1.807) is 12.1 Å². The molecule has 0 unspecified atom stereocenters. The first-order chi connectivity index (χ1) is 12.8. The van der Waals surface area contributed by atoms with E-state index in [4.69, 9.17) is 0 Å². The number of benzene rings is 3. The average Bonchev–Trinajstić information content (AvgIpc) is 2.64. The van der Waals surface area contributed by atoms with Crippen molar-refractivity contribution in [2.45, 2.75) is 4.90 Å². The minimum Gasteiger partial charge on any atom is -0.322 e. The number of carbonyl (C=O) groups is 1. The summed E-state index contributed by atoms with van der Waals surface area (Å²) in [5, 5.41) is 2.77. The van der Waals surface area contributed by atoms with Crippen LogP contribution in [0, 0.1) is 9.39 Å². The summed E-state index contributed by atoms with van der Waals surface area (Å²) in [6.45, 7) is 0. The Hall–Kier alpha value is -2.46. The van der Waals surface area contributed by atoms with E-state index in [1.165, 1.54) is 36.4 Å². The Balaban J connectivity index is 1.70. The summed E-state index contributed by atoms with van der Waals surface area (Å²) in [6, 6.07) is 17.9.